The Bertz CT molecular complexity index is 1800. The van der Waals surface area contributed by atoms with Gasteiger partial charge in [-0.25, -0.2) is 0 Å². The average molecular weight is 539 g/mol. The van der Waals surface area contributed by atoms with E-state index in [-0.39, 0.29) is 14.5 Å². The number of hydrogen-bond acceptors (Lipinski definition) is 3. The first-order valence-electron chi connectivity index (χ1n) is 12.2. The summed E-state index contributed by atoms with van der Waals surface area (Å²) in [5.74, 6) is 0.731. The first kappa shape index (κ1) is 21.9. The summed E-state index contributed by atoms with van der Waals surface area (Å²) in [6.45, 7) is 0. The number of aromatic nitrogens is 3. The van der Waals surface area contributed by atoms with E-state index < -0.39 is 0 Å². The van der Waals surface area contributed by atoms with Gasteiger partial charge in [-0.15, -0.1) is 0 Å². The maximum atomic E-state index is 5.07. The van der Waals surface area contributed by atoms with Crippen molar-refractivity contribution >= 4 is 35.1 Å². The molecule has 0 fully saturated rings. The van der Waals surface area contributed by atoms with Gasteiger partial charge in [-0.05, 0) is 0 Å². The SMILES string of the molecule is c1ccc(-c2cc(-c3cccc4c3ccc3nc(-c5ccccc5)[se]c34)nc(-c3ccccc3)n2)cc1. The van der Waals surface area contributed by atoms with Crippen LogP contribution in [0, 0.1) is 0 Å². The molecule has 0 bridgehead atoms. The van der Waals surface area contributed by atoms with Crippen LogP contribution < -0.4 is 0 Å². The molecule has 2 aromatic heterocycles. The second-order valence-electron chi connectivity index (χ2n) is 8.89. The van der Waals surface area contributed by atoms with Gasteiger partial charge in [-0.1, -0.05) is 0 Å². The molecule has 7 aromatic rings. The molecule has 0 amide bonds. The fourth-order valence-electron chi connectivity index (χ4n) is 4.73. The van der Waals surface area contributed by atoms with Crippen molar-refractivity contribution in [3.05, 3.63) is 127 Å². The molecule has 0 aliphatic heterocycles. The van der Waals surface area contributed by atoms with Crippen LogP contribution >= 0.6 is 0 Å². The minimum atomic E-state index is 0.144. The van der Waals surface area contributed by atoms with Gasteiger partial charge in [0.1, 0.15) is 0 Å². The van der Waals surface area contributed by atoms with Crippen LogP contribution in [0.5, 0.6) is 0 Å². The number of rotatable bonds is 4. The molecule has 4 heteroatoms. The van der Waals surface area contributed by atoms with Gasteiger partial charge in [0.25, 0.3) is 0 Å². The minimum absolute atomic E-state index is 0.144. The van der Waals surface area contributed by atoms with E-state index in [1.165, 1.54) is 25.2 Å². The van der Waals surface area contributed by atoms with Crippen molar-refractivity contribution in [1.82, 2.24) is 15.0 Å². The van der Waals surface area contributed by atoms with E-state index in [2.05, 4.69) is 91.0 Å². The molecule has 3 nitrogen and oxygen atoms in total. The summed E-state index contributed by atoms with van der Waals surface area (Å²) in [4.78, 5) is 15.0. The van der Waals surface area contributed by atoms with Gasteiger partial charge in [0.15, 0.2) is 0 Å². The molecule has 0 spiro atoms. The zero-order valence-corrected chi connectivity index (χ0v) is 21.6. The molecule has 0 aliphatic rings. The first-order chi connectivity index (χ1) is 18.3. The van der Waals surface area contributed by atoms with E-state index in [1.54, 1.807) is 0 Å². The van der Waals surface area contributed by atoms with Crippen LogP contribution in [-0.2, 0) is 0 Å². The third kappa shape index (κ3) is 4.07. The topological polar surface area (TPSA) is 38.7 Å². The van der Waals surface area contributed by atoms with E-state index >= 15 is 0 Å². The second kappa shape index (κ2) is 9.25. The van der Waals surface area contributed by atoms with Crippen LogP contribution in [0.2, 0.25) is 0 Å². The van der Waals surface area contributed by atoms with Gasteiger partial charge >= 0.3 is 221 Å². The normalized spacial score (nSPS) is 11.2. The molecule has 5 aromatic carbocycles. The summed E-state index contributed by atoms with van der Waals surface area (Å²) < 4.78 is 2.52. The maximum absolute atomic E-state index is 5.07. The summed E-state index contributed by atoms with van der Waals surface area (Å²) in [5.41, 5.74) is 7.33. The van der Waals surface area contributed by atoms with Crippen LogP contribution in [0.4, 0.5) is 0 Å². The fourth-order valence-corrected chi connectivity index (χ4v) is 7.03. The molecular formula is C33H21N3Se. The third-order valence-electron chi connectivity index (χ3n) is 6.54. The first-order valence-corrected chi connectivity index (χ1v) is 13.9. The third-order valence-corrected chi connectivity index (χ3v) is 8.96. The second-order valence-corrected chi connectivity index (χ2v) is 11.0. The summed E-state index contributed by atoms with van der Waals surface area (Å²) in [6.07, 6.45) is 0. The Morgan fingerprint density at radius 2 is 1.11 bits per heavy atom. The standard InChI is InChI=1S/C33H21N3Se/c1-4-11-22(12-5-1)29-21-30(35-32(34-29)23-13-6-2-7-14-23)26-17-10-18-27-25(26)19-20-28-31(27)37-33(36-28)24-15-8-3-9-16-24/h1-21H. The van der Waals surface area contributed by atoms with E-state index in [0.29, 0.717) is 0 Å². The molecule has 0 saturated heterocycles. The zero-order chi connectivity index (χ0) is 24.6. The van der Waals surface area contributed by atoms with E-state index in [9.17, 15) is 0 Å². The van der Waals surface area contributed by atoms with Gasteiger partial charge < -0.3 is 0 Å². The quantitative estimate of drug-likeness (QED) is 0.214. The van der Waals surface area contributed by atoms with Crippen molar-refractivity contribution in [1.29, 1.82) is 0 Å². The number of nitrogens with zero attached hydrogens (tertiary/aromatic N) is 3. The van der Waals surface area contributed by atoms with Crippen LogP contribution in [-0.4, -0.2) is 29.5 Å². The summed E-state index contributed by atoms with van der Waals surface area (Å²) in [7, 11) is 0. The van der Waals surface area contributed by atoms with Crippen LogP contribution in [0.3, 0.4) is 0 Å². The summed E-state index contributed by atoms with van der Waals surface area (Å²) in [6, 6.07) is 44.0. The predicted molar refractivity (Wildman–Crippen MR) is 154 cm³/mol. The van der Waals surface area contributed by atoms with Crippen molar-refractivity contribution in [3.8, 4) is 44.0 Å². The number of hydrogen-bond donors (Lipinski definition) is 0. The molecular weight excluding hydrogens is 517 g/mol. The Morgan fingerprint density at radius 1 is 0.459 bits per heavy atom. The van der Waals surface area contributed by atoms with Crippen LogP contribution in [0.1, 0.15) is 0 Å². The molecule has 174 valence electrons. The van der Waals surface area contributed by atoms with Crippen LogP contribution in [0.15, 0.2) is 127 Å². The number of fused-ring (bicyclic) bond motifs is 3. The van der Waals surface area contributed by atoms with Crippen molar-refractivity contribution in [2.45, 2.75) is 0 Å². The Morgan fingerprint density at radius 3 is 1.84 bits per heavy atom. The average Bonchev–Trinajstić information content (AvgIpc) is 3.43. The van der Waals surface area contributed by atoms with Gasteiger partial charge in [0.05, 0.1) is 0 Å². The monoisotopic (exact) mass is 539 g/mol. The van der Waals surface area contributed by atoms with E-state index in [4.69, 9.17) is 15.0 Å². The molecule has 0 N–H and O–H groups in total. The summed E-state index contributed by atoms with van der Waals surface area (Å²) >= 11 is 0.144. The Balaban J connectivity index is 1.44. The van der Waals surface area contributed by atoms with Crippen molar-refractivity contribution in [3.63, 3.8) is 0 Å². The number of benzene rings is 5. The fraction of sp³-hybridized carbons (Fsp3) is 0. The van der Waals surface area contributed by atoms with E-state index in [0.717, 1.165) is 39.4 Å². The van der Waals surface area contributed by atoms with Gasteiger partial charge in [-0.2, -0.15) is 0 Å². The van der Waals surface area contributed by atoms with Gasteiger partial charge in [-0.3, -0.25) is 0 Å². The Kier molecular flexibility index (Phi) is 5.47. The molecule has 0 radical (unpaired) electrons. The summed E-state index contributed by atoms with van der Waals surface area (Å²) in [5, 5.41) is 2.45. The molecule has 0 saturated carbocycles. The Hall–Kier alpha value is -4.37. The molecule has 0 aliphatic carbocycles. The van der Waals surface area contributed by atoms with Gasteiger partial charge in [0, 0.05) is 0 Å². The zero-order valence-electron chi connectivity index (χ0n) is 19.9. The molecule has 0 unspecified atom stereocenters. The van der Waals surface area contributed by atoms with Gasteiger partial charge in [0.2, 0.25) is 0 Å². The van der Waals surface area contributed by atoms with Crippen molar-refractivity contribution in [2.75, 3.05) is 0 Å². The van der Waals surface area contributed by atoms with Crippen molar-refractivity contribution < 1.29 is 0 Å². The molecule has 7 rings (SSSR count). The molecule has 37 heavy (non-hydrogen) atoms. The predicted octanol–water partition coefficient (Wildman–Crippen LogP) is 7.90. The van der Waals surface area contributed by atoms with Crippen LogP contribution in [0.25, 0.3) is 64.6 Å². The van der Waals surface area contributed by atoms with Crippen molar-refractivity contribution in [2.24, 2.45) is 0 Å². The Labute approximate surface area is 220 Å². The van der Waals surface area contributed by atoms with E-state index in [1.807, 2.05) is 36.4 Å². The molecule has 0 atom stereocenters. The molecule has 2 heterocycles.